The van der Waals surface area contributed by atoms with E-state index in [2.05, 4.69) is 15.3 Å². The smallest absolute Gasteiger partial charge is 0.276 e. The minimum atomic E-state index is -0.405. The zero-order valence-corrected chi connectivity index (χ0v) is 13.0. The molecular weight excluding hydrogens is 290 g/mol. The summed E-state index contributed by atoms with van der Waals surface area (Å²) in [5.41, 5.74) is 2.80. The summed E-state index contributed by atoms with van der Waals surface area (Å²) in [5.74, 6) is 1.07. The van der Waals surface area contributed by atoms with E-state index in [1.54, 1.807) is 16.8 Å². The molecule has 0 amide bonds. The maximum Gasteiger partial charge on any atom is 0.276 e. The van der Waals surface area contributed by atoms with E-state index in [9.17, 15) is 10.1 Å². The monoisotopic (exact) mass is 307 g/mol. The Morgan fingerprint density at radius 3 is 2.81 bits per heavy atom. The highest BCUT2D eigenvalue weighted by Gasteiger charge is 2.15. The summed E-state index contributed by atoms with van der Waals surface area (Å²) in [6.07, 6.45) is 0. The van der Waals surface area contributed by atoms with Gasteiger partial charge in [-0.2, -0.15) is 0 Å². The van der Waals surface area contributed by atoms with Crippen molar-refractivity contribution in [1.29, 1.82) is 0 Å². The SMILES string of the molecule is CCNc1cc([N+](=O)[O-])cc(N(C)Cc2scnc2C)n1. The second kappa shape index (κ2) is 6.49. The molecule has 0 spiro atoms. The van der Waals surface area contributed by atoms with Crippen molar-refractivity contribution in [3.8, 4) is 0 Å². The predicted molar refractivity (Wildman–Crippen MR) is 84.0 cm³/mol. The largest absolute Gasteiger partial charge is 0.370 e. The number of anilines is 2. The summed E-state index contributed by atoms with van der Waals surface area (Å²) in [4.78, 5) is 22.2. The normalized spacial score (nSPS) is 10.4. The number of aromatic nitrogens is 2. The summed E-state index contributed by atoms with van der Waals surface area (Å²) < 4.78 is 0. The average Bonchev–Trinajstić information content (AvgIpc) is 2.84. The number of nitrogens with one attached hydrogen (secondary N) is 1. The van der Waals surface area contributed by atoms with Gasteiger partial charge in [-0.15, -0.1) is 11.3 Å². The van der Waals surface area contributed by atoms with Crippen LogP contribution in [0.1, 0.15) is 17.5 Å². The highest BCUT2D eigenvalue weighted by molar-refractivity contribution is 7.09. The van der Waals surface area contributed by atoms with Crippen LogP contribution in [-0.4, -0.2) is 28.5 Å². The van der Waals surface area contributed by atoms with Crippen LogP contribution in [0.5, 0.6) is 0 Å². The quantitative estimate of drug-likeness (QED) is 0.652. The fourth-order valence-corrected chi connectivity index (χ4v) is 2.68. The van der Waals surface area contributed by atoms with Crippen LogP contribution in [0.4, 0.5) is 17.3 Å². The molecule has 0 saturated heterocycles. The van der Waals surface area contributed by atoms with Gasteiger partial charge in [0.05, 0.1) is 34.8 Å². The lowest BCUT2D eigenvalue weighted by molar-refractivity contribution is -0.384. The van der Waals surface area contributed by atoms with E-state index in [1.165, 1.54) is 12.1 Å². The summed E-state index contributed by atoms with van der Waals surface area (Å²) in [5, 5.41) is 14.0. The Morgan fingerprint density at radius 2 is 2.24 bits per heavy atom. The number of hydrogen-bond acceptors (Lipinski definition) is 7. The molecule has 0 aliphatic carbocycles. The van der Waals surface area contributed by atoms with Crippen LogP contribution in [0, 0.1) is 17.0 Å². The van der Waals surface area contributed by atoms with Gasteiger partial charge in [0.15, 0.2) is 0 Å². The van der Waals surface area contributed by atoms with Crippen LogP contribution >= 0.6 is 11.3 Å². The molecule has 0 aromatic carbocycles. The van der Waals surface area contributed by atoms with Crippen LogP contribution < -0.4 is 10.2 Å². The first-order valence-electron chi connectivity index (χ1n) is 6.51. The van der Waals surface area contributed by atoms with E-state index in [1.807, 2.05) is 25.8 Å². The second-order valence-electron chi connectivity index (χ2n) is 4.57. The van der Waals surface area contributed by atoms with Crippen molar-refractivity contribution in [3.05, 3.63) is 38.3 Å². The molecule has 0 atom stereocenters. The zero-order chi connectivity index (χ0) is 15.4. The van der Waals surface area contributed by atoms with Crippen molar-refractivity contribution in [2.75, 3.05) is 23.8 Å². The van der Waals surface area contributed by atoms with Crippen molar-refractivity contribution < 1.29 is 4.92 Å². The van der Waals surface area contributed by atoms with Crippen molar-refractivity contribution in [3.63, 3.8) is 0 Å². The molecule has 0 aliphatic rings. The molecule has 0 saturated carbocycles. The zero-order valence-electron chi connectivity index (χ0n) is 12.2. The van der Waals surface area contributed by atoms with E-state index in [0.717, 1.165) is 10.6 Å². The second-order valence-corrected chi connectivity index (χ2v) is 5.51. The number of thiazole rings is 1. The first kappa shape index (κ1) is 15.2. The summed E-state index contributed by atoms with van der Waals surface area (Å²) >= 11 is 1.57. The van der Waals surface area contributed by atoms with E-state index in [4.69, 9.17) is 0 Å². The molecular formula is C13H17N5O2S. The van der Waals surface area contributed by atoms with Gasteiger partial charge < -0.3 is 10.2 Å². The first-order chi connectivity index (χ1) is 10.0. The molecule has 2 aromatic rings. The fraction of sp³-hybridized carbons (Fsp3) is 0.385. The molecule has 21 heavy (non-hydrogen) atoms. The third-order valence-corrected chi connectivity index (χ3v) is 3.90. The van der Waals surface area contributed by atoms with Gasteiger partial charge in [0, 0.05) is 18.5 Å². The molecule has 1 N–H and O–H groups in total. The van der Waals surface area contributed by atoms with Gasteiger partial charge in [-0.05, 0) is 13.8 Å². The standard InChI is InChI=1S/C13H17N5O2S/c1-4-14-12-5-10(18(19)20)6-13(16-12)17(3)7-11-9(2)15-8-21-11/h5-6,8H,4,7H2,1-3H3,(H,14,16). The fourth-order valence-electron chi connectivity index (χ4n) is 1.85. The number of nitro groups is 1. The number of rotatable bonds is 6. The van der Waals surface area contributed by atoms with Crippen LogP contribution in [-0.2, 0) is 6.54 Å². The predicted octanol–water partition coefficient (Wildman–Crippen LogP) is 2.82. The number of hydrogen-bond donors (Lipinski definition) is 1. The Kier molecular flexibility index (Phi) is 4.69. The van der Waals surface area contributed by atoms with Gasteiger partial charge >= 0.3 is 0 Å². The van der Waals surface area contributed by atoms with Crippen LogP contribution in [0.2, 0.25) is 0 Å². The summed E-state index contributed by atoms with van der Waals surface area (Å²) in [6, 6.07) is 2.93. The van der Waals surface area contributed by atoms with Crippen molar-refractivity contribution in [2.45, 2.75) is 20.4 Å². The van der Waals surface area contributed by atoms with Crippen LogP contribution in [0.15, 0.2) is 17.6 Å². The van der Waals surface area contributed by atoms with Gasteiger partial charge in [0.2, 0.25) is 0 Å². The highest BCUT2D eigenvalue weighted by atomic mass is 32.1. The van der Waals surface area contributed by atoms with Crippen molar-refractivity contribution >= 4 is 28.7 Å². The number of pyridine rings is 1. The van der Waals surface area contributed by atoms with E-state index < -0.39 is 4.92 Å². The van der Waals surface area contributed by atoms with Crippen molar-refractivity contribution in [2.24, 2.45) is 0 Å². The molecule has 0 unspecified atom stereocenters. The Hall–Kier alpha value is -2.22. The molecule has 0 aliphatic heterocycles. The maximum atomic E-state index is 11.0. The van der Waals surface area contributed by atoms with Crippen LogP contribution in [0.3, 0.4) is 0 Å². The number of nitrogens with zero attached hydrogens (tertiary/aromatic N) is 4. The Bertz CT molecular complexity index is 643. The van der Waals surface area contributed by atoms with Gasteiger partial charge in [0.1, 0.15) is 11.6 Å². The lowest BCUT2D eigenvalue weighted by Gasteiger charge is -2.18. The maximum absolute atomic E-state index is 11.0. The molecule has 112 valence electrons. The molecule has 8 heteroatoms. The Labute approximate surface area is 126 Å². The van der Waals surface area contributed by atoms with E-state index >= 15 is 0 Å². The van der Waals surface area contributed by atoms with Gasteiger partial charge in [-0.1, -0.05) is 0 Å². The van der Waals surface area contributed by atoms with E-state index in [-0.39, 0.29) is 5.69 Å². The molecule has 2 heterocycles. The minimum Gasteiger partial charge on any atom is -0.370 e. The molecule has 7 nitrogen and oxygen atoms in total. The van der Waals surface area contributed by atoms with Gasteiger partial charge in [-0.25, -0.2) is 9.97 Å². The minimum absolute atomic E-state index is 0.0313. The Balaban J connectivity index is 2.28. The van der Waals surface area contributed by atoms with Gasteiger partial charge in [-0.3, -0.25) is 10.1 Å². The average molecular weight is 307 g/mol. The highest BCUT2D eigenvalue weighted by Crippen LogP contribution is 2.24. The molecule has 0 radical (unpaired) electrons. The van der Waals surface area contributed by atoms with E-state index in [0.29, 0.717) is 24.7 Å². The summed E-state index contributed by atoms with van der Waals surface area (Å²) in [7, 11) is 1.86. The summed E-state index contributed by atoms with van der Waals surface area (Å²) in [6.45, 7) is 5.15. The third kappa shape index (κ3) is 3.66. The molecule has 0 bridgehead atoms. The first-order valence-corrected chi connectivity index (χ1v) is 7.39. The number of aryl methyl sites for hydroxylation is 1. The Morgan fingerprint density at radius 1 is 1.48 bits per heavy atom. The molecule has 0 fully saturated rings. The lowest BCUT2D eigenvalue weighted by Crippen LogP contribution is -2.18. The third-order valence-electron chi connectivity index (χ3n) is 2.98. The molecule has 2 aromatic heterocycles. The van der Waals surface area contributed by atoms with Crippen LogP contribution in [0.25, 0.3) is 0 Å². The van der Waals surface area contributed by atoms with Gasteiger partial charge in [0.25, 0.3) is 5.69 Å². The van der Waals surface area contributed by atoms with Crippen molar-refractivity contribution in [1.82, 2.24) is 9.97 Å². The molecule has 2 rings (SSSR count). The lowest BCUT2D eigenvalue weighted by atomic mass is 10.3. The topological polar surface area (TPSA) is 84.2 Å².